The Morgan fingerprint density at radius 2 is 1.80 bits per heavy atom. The Morgan fingerprint density at radius 1 is 1.07 bits per heavy atom. The lowest BCUT2D eigenvalue weighted by molar-refractivity contribution is -0.115. The van der Waals surface area contributed by atoms with Crippen LogP contribution in [0.4, 0.5) is 5.69 Å². The average Bonchev–Trinajstić information content (AvgIpc) is 3.19. The van der Waals surface area contributed by atoms with Crippen LogP contribution < -0.4 is 5.32 Å². The Bertz CT molecular complexity index is 1210. The first-order valence-electron chi connectivity index (χ1n) is 9.64. The molecule has 0 aliphatic carbocycles. The minimum Gasteiger partial charge on any atom is -0.318 e. The summed E-state index contributed by atoms with van der Waals surface area (Å²) in [7, 11) is 0. The van der Waals surface area contributed by atoms with E-state index in [4.69, 9.17) is 11.6 Å². The summed E-state index contributed by atoms with van der Waals surface area (Å²) >= 11 is 7.52. The van der Waals surface area contributed by atoms with Gasteiger partial charge in [-0.25, -0.2) is 4.99 Å². The van der Waals surface area contributed by atoms with Crippen LogP contribution in [0.1, 0.15) is 28.1 Å². The Kier molecular flexibility index (Phi) is 5.58. The highest BCUT2D eigenvalue weighted by atomic mass is 35.5. The maximum absolute atomic E-state index is 12.5. The van der Waals surface area contributed by atoms with Crippen molar-refractivity contribution >= 4 is 46.2 Å². The molecule has 2 aromatic carbocycles. The van der Waals surface area contributed by atoms with Gasteiger partial charge in [-0.15, -0.1) is 0 Å². The van der Waals surface area contributed by atoms with E-state index >= 15 is 0 Å². The predicted octanol–water partition coefficient (Wildman–Crippen LogP) is 6.26. The van der Waals surface area contributed by atoms with E-state index in [0.29, 0.717) is 15.1 Å². The molecule has 152 valence electrons. The number of carbonyl (C=O) groups excluding carboxylic acids is 1. The molecule has 1 N–H and O–H groups in total. The summed E-state index contributed by atoms with van der Waals surface area (Å²) in [6.07, 6.45) is 1.93. The second kappa shape index (κ2) is 8.17. The molecule has 0 saturated carbocycles. The summed E-state index contributed by atoms with van der Waals surface area (Å²) in [5.41, 5.74) is 7.21. The average molecular weight is 436 g/mol. The third-order valence-corrected chi connectivity index (χ3v) is 6.48. The van der Waals surface area contributed by atoms with Crippen LogP contribution in [0, 0.1) is 27.7 Å². The Labute approximate surface area is 185 Å². The highest BCUT2D eigenvalue weighted by molar-refractivity contribution is 8.18. The van der Waals surface area contributed by atoms with Crippen molar-refractivity contribution in [1.29, 1.82) is 0 Å². The molecule has 3 aromatic rings. The highest BCUT2D eigenvalue weighted by Gasteiger charge is 2.25. The molecule has 1 amide bonds. The first-order chi connectivity index (χ1) is 14.3. The fourth-order valence-electron chi connectivity index (χ4n) is 3.47. The Hall–Kier alpha value is -2.76. The first kappa shape index (κ1) is 20.5. The zero-order valence-electron chi connectivity index (χ0n) is 17.3. The molecular weight excluding hydrogens is 414 g/mol. The number of amidine groups is 1. The molecule has 4 nitrogen and oxygen atoms in total. The number of nitrogens with zero attached hydrogens (tertiary/aromatic N) is 2. The van der Waals surface area contributed by atoms with Gasteiger partial charge in [0.2, 0.25) is 0 Å². The molecule has 4 rings (SSSR count). The summed E-state index contributed by atoms with van der Waals surface area (Å²) in [4.78, 5) is 17.7. The number of benzene rings is 2. The largest absolute Gasteiger partial charge is 0.318 e. The van der Waals surface area contributed by atoms with Crippen LogP contribution in [0.15, 0.2) is 58.4 Å². The van der Waals surface area contributed by atoms with E-state index in [1.165, 1.54) is 17.3 Å². The maximum atomic E-state index is 12.5. The van der Waals surface area contributed by atoms with Crippen molar-refractivity contribution in [3.8, 4) is 5.69 Å². The maximum Gasteiger partial charge on any atom is 0.264 e. The van der Waals surface area contributed by atoms with Crippen molar-refractivity contribution in [1.82, 2.24) is 9.88 Å². The van der Waals surface area contributed by atoms with Crippen molar-refractivity contribution < 1.29 is 4.79 Å². The number of carbonyl (C=O) groups is 1. The zero-order valence-corrected chi connectivity index (χ0v) is 18.9. The minimum absolute atomic E-state index is 0.140. The van der Waals surface area contributed by atoms with Crippen LogP contribution >= 0.6 is 23.4 Å². The monoisotopic (exact) mass is 435 g/mol. The lowest BCUT2D eigenvalue weighted by Gasteiger charge is -2.10. The van der Waals surface area contributed by atoms with Crippen molar-refractivity contribution in [3.63, 3.8) is 0 Å². The van der Waals surface area contributed by atoms with E-state index in [9.17, 15) is 4.79 Å². The van der Waals surface area contributed by atoms with Gasteiger partial charge in [-0.1, -0.05) is 35.4 Å². The quantitative estimate of drug-likeness (QED) is 0.494. The van der Waals surface area contributed by atoms with Crippen molar-refractivity contribution in [2.24, 2.45) is 4.99 Å². The van der Waals surface area contributed by atoms with E-state index in [2.05, 4.69) is 66.0 Å². The molecule has 1 saturated heterocycles. The molecular formula is C24H22ClN3OS. The van der Waals surface area contributed by atoms with Crippen LogP contribution in [0.3, 0.4) is 0 Å². The highest BCUT2D eigenvalue weighted by Crippen LogP contribution is 2.32. The number of aliphatic imine (C=N–C) groups is 1. The van der Waals surface area contributed by atoms with E-state index in [1.807, 2.05) is 31.2 Å². The molecule has 0 radical (unpaired) electrons. The van der Waals surface area contributed by atoms with Gasteiger partial charge < -0.3 is 9.88 Å². The van der Waals surface area contributed by atoms with Gasteiger partial charge in [0, 0.05) is 22.1 Å². The molecule has 0 unspecified atom stereocenters. The third kappa shape index (κ3) is 3.95. The molecule has 1 aliphatic heterocycles. The first-order valence-corrected chi connectivity index (χ1v) is 10.8. The number of hydrogen-bond donors (Lipinski definition) is 1. The van der Waals surface area contributed by atoms with E-state index in [1.54, 1.807) is 0 Å². The lowest BCUT2D eigenvalue weighted by atomic mass is 10.2. The second-order valence-electron chi connectivity index (χ2n) is 7.36. The fraction of sp³-hybridized carbons (Fsp3) is 0.167. The van der Waals surface area contributed by atoms with Gasteiger partial charge in [0.05, 0.1) is 10.6 Å². The number of thioether (sulfide) groups is 1. The summed E-state index contributed by atoms with van der Waals surface area (Å²) in [6.45, 7) is 8.14. The number of hydrogen-bond acceptors (Lipinski definition) is 3. The molecule has 1 fully saturated rings. The van der Waals surface area contributed by atoms with Gasteiger partial charge in [0.15, 0.2) is 5.17 Å². The number of nitrogens with one attached hydrogen (secondary N) is 1. The smallest absolute Gasteiger partial charge is 0.264 e. The van der Waals surface area contributed by atoms with E-state index in [0.717, 1.165) is 33.9 Å². The molecule has 0 atom stereocenters. The normalized spacial score (nSPS) is 16.5. The topological polar surface area (TPSA) is 46.4 Å². The van der Waals surface area contributed by atoms with Gasteiger partial charge in [-0.2, -0.15) is 0 Å². The molecule has 1 aliphatic rings. The number of halogens is 1. The summed E-state index contributed by atoms with van der Waals surface area (Å²) in [5.74, 6) is -0.140. The minimum atomic E-state index is -0.140. The van der Waals surface area contributed by atoms with Crippen molar-refractivity contribution in [2.45, 2.75) is 27.7 Å². The van der Waals surface area contributed by atoms with E-state index < -0.39 is 0 Å². The summed E-state index contributed by atoms with van der Waals surface area (Å²) < 4.78 is 2.20. The van der Waals surface area contributed by atoms with Crippen LogP contribution in [0.2, 0.25) is 5.02 Å². The van der Waals surface area contributed by atoms with Crippen LogP contribution in [0.25, 0.3) is 11.8 Å². The summed E-state index contributed by atoms with van der Waals surface area (Å²) in [6, 6.07) is 16.1. The fourth-order valence-corrected chi connectivity index (χ4v) is 4.47. The number of aryl methyl sites for hydroxylation is 2. The Balaban J connectivity index is 1.65. The molecule has 0 spiro atoms. The lowest BCUT2D eigenvalue weighted by Crippen LogP contribution is -2.19. The zero-order chi connectivity index (χ0) is 21.4. The third-order valence-electron chi connectivity index (χ3n) is 5.16. The van der Waals surface area contributed by atoms with Crippen LogP contribution in [-0.4, -0.2) is 15.6 Å². The van der Waals surface area contributed by atoms with Crippen LogP contribution in [0.5, 0.6) is 0 Å². The standard InChI is InChI=1S/C24H22ClN3OS/c1-14-8-10-19(11-9-14)28-15(2)12-18(17(28)4)13-22-23(29)27-24(30-22)26-21-7-5-6-20(25)16(21)3/h5-13H,1-4H3,(H,26,27,29)/b22-13-. The van der Waals surface area contributed by atoms with Gasteiger partial charge in [-0.3, -0.25) is 4.79 Å². The van der Waals surface area contributed by atoms with E-state index in [-0.39, 0.29) is 5.91 Å². The SMILES string of the molecule is Cc1ccc(-n2c(C)cc(/C=C3\SC(=Nc4cccc(Cl)c4C)NC3=O)c2C)cc1. The van der Waals surface area contributed by atoms with Crippen LogP contribution in [-0.2, 0) is 4.79 Å². The molecule has 0 bridgehead atoms. The van der Waals surface area contributed by atoms with Crippen molar-refractivity contribution in [3.05, 3.63) is 86.5 Å². The van der Waals surface area contributed by atoms with Gasteiger partial charge in [0.25, 0.3) is 5.91 Å². The van der Waals surface area contributed by atoms with Gasteiger partial charge in [-0.05, 0) is 87.0 Å². The predicted molar refractivity (Wildman–Crippen MR) is 127 cm³/mol. The number of aromatic nitrogens is 1. The van der Waals surface area contributed by atoms with Gasteiger partial charge >= 0.3 is 0 Å². The molecule has 6 heteroatoms. The molecule has 1 aromatic heterocycles. The Morgan fingerprint density at radius 3 is 2.53 bits per heavy atom. The number of amides is 1. The second-order valence-corrected chi connectivity index (χ2v) is 8.80. The molecule has 2 heterocycles. The van der Waals surface area contributed by atoms with Gasteiger partial charge in [0.1, 0.15) is 0 Å². The number of rotatable bonds is 3. The summed E-state index contributed by atoms with van der Waals surface area (Å²) in [5, 5.41) is 4.07. The molecule has 30 heavy (non-hydrogen) atoms. The van der Waals surface area contributed by atoms with Crippen molar-refractivity contribution in [2.75, 3.05) is 0 Å².